The van der Waals surface area contributed by atoms with Crippen molar-refractivity contribution in [3.05, 3.63) is 95.6 Å². The quantitative estimate of drug-likeness (QED) is 0.302. The van der Waals surface area contributed by atoms with Crippen LogP contribution in [0.15, 0.2) is 83.9 Å². The monoisotopic (exact) mass is 395 g/mol. The Morgan fingerprint density at radius 3 is 2.20 bits per heavy atom. The molecule has 0 spiro atoms. The van der Waals surface area contributed by atoms with Crippen molar-refractivity contribution in [1.29, 1.82) is 0 Å². The topological polar surface area (TPSA) is 36.4 Å². The third-order valence-electron chi connectivity index (χ3n) is 4.33. The Labute approximate surface area is 180 Å². The molecule has 0 amide bonds. The number of benzene rings is 3. The van der Waals surface area contributed by atoms with Crippen LogP contribution in [0.25, 0.3) is 0 Å². The first-order chi connectivity index (χ1) is 14.4. The van der Waals surface area contributed by atoms with Crippen LogP contribution in [-0.4, -0.2) is 5.96 Å². The molecule has 0 aliphatic heterocycles. The summed E-state index contributed by atoms with van der Waals surface area (Å²) in [7, 11) is 0. The molecule has 2 N–H and O–H groups in total. The molecule has 0 bridgehead atoms. The van der Waals surface area contributed by atoms with Gasteiger partial charge in [0.2, 0.25) is 5.96 Å². The highest BCUT2D eigenvalue weighted by molar-refractivity contribution is 6.04. The zero-order valence-electron chi connectivity index (χ0n) is 18.2. The minimum Gasteiger partial charge on any atom is -0.326 e. The van der Waals surface area contributed by atoms with E-state index in [1.165, 1.54) is 5.56 Å². The Hall–Kier alpha value is -3.51. The molecular weight excluding hydrogens is 366 g/mol. The second-order valence-electron chi connectivity index (χ2n) is 8.31. The number of hydrogen-bond donors (Lipinski definition) is 2. The van der Waals surface area contributed by atoms with Crippen molar-refractivity contribution in [3.8, 4) is 11.8 Å². The summed E-state index contributed by atoms with van der Waals surface area (Å²) >= 11 is 0. The average Bonchev–Trinajstić information content (AvgIpc) is 2.73. The Balaban J connectivity index is 1.88. The number of para-hydroxylation sites is 1. The highest BCUT2D eigenvalue weighted by Crippen LogP contribution is 2.17. The lowest BCUT2D eigenvalue weighted by atomic mass is 9.97. The molecule has 0 saturated carbocycles. The summed E-state index contributed by atoms with van der Waals surface area (Å²) in [5.41, 5.74) is 5.18. The van der Waals surface area contributed by atoms with Gasteiger partial charge in [-0.05, 0) is 57.5 Å². The summed E-state index contributed by atoms with van der Waals surface area (Å²) in [5.74, 6) is 7.31. The van der Waals surface area contributed by atoms with Crippen LogP contribution in [-0.2, 0) is 6.54 Å². The van der Waals surface area contributed by atoms with Gasteiger partial charge in [0, 0.05) is 16.7 Å². The number of guanidine groups is 1. The largest absolute Gasteiger partial charge is 0.326 e. The number of hydrogen-bond acceptors (Lipinski definition) is 1. The van der Waals surface area contributed by atoms with Crippen molar-refractivity contribution >= 4 is 17.3 Å². The van der Waals surface area contributed by atoms with Crippen LogP contribution in [0, 0.1) is 24.2 Å². The Morgan fingerprint density at radius 1 is 0.833 bits per heavy atom. The van der Waals surface area contributed by atoms with E-state index in [0.29, 0.717) is 12.5 Å². The van der Waals surface area contributed by atoms with Gasteiger partial charge in [0.15, 0.2) is 0 Å². The van der Waals surface area contributed by atoms with E-state index in [2.05, 4.69) is 86.6 Å². The zero-order valence-corrected chi connectivity index (χ0v) is 18.2. The van der Waals surface area contributed by atoms with Gasteiger partial charge in [-0.15, -0.1) is 0 Å². The van der Waals surface area contributed by atoms with Crippen LogP contribution in [0.4, 0.5) is 11.4 Å². The van der Waals surface area contributed by atoms with Crippen molar-refractivity contribution in [2.45, 2.75) is 34.2 Å². The number of nitrogens with one attached hydrogen (secondary N) is 2. The Kier molecular flexibility index (Phi) is 6.93. The van der Waals surface area contributed by atoms with Crippen molar-refractivity contribution < 1.29 is 0 Å². The fourth-order valence-electron chi connectivity index (χ4n) is 2.72. The minimum atomic E-state index is -0.0580. The molecule has 0 radical (unpaired) electrons. The molecule has 0 heterocycles. The van der Waals surface area contributed by atoms with E-state index < -0.39 is 0 Å². The molecular formula is C27H29N3. The molecule has 0 atom stereocenters. The molecule has 0 aromatic heterocycles. The third-order valence-corrected chi connectivity index (χ3v) is 4.33. The van der Waals surface area contributed by atoms with Crippen LogP contribution < -0.4 is 10.6 Å². The van der Waals surface area contributed by atoms with Gasteiger partial charge in [-0.2, -0.15) is 0 Å². The molecule has 3 aromatic carbocycles. The first-order valence-electron chi connectivity index (χ1n) is 10.2. The van der Waals surface area contributed by atoms with Crippen LogP contribution in [0.3, 0.4) is 0 Å². The van der Waals surface area contributed by atoms with E-state index >= 15 is 0 Å². The van der Waals surface area contributed by atoms with Crippen LogP contribution in [0.5, 0.6) is 0 Å². The van der Waals surface area contributed by atoms with Gasteiger partial charge in [0.25, 0.3) is 0 Å². The van der Waals surface area contributed by atoms with Gasteiger partial charge in [0.1, 0.15) is 0 Å². The second kappa shape index (κ2) is 9.80. The van der Waals surface area contributed by atoms with Crippen molar-refractivity contribution in [3.63, 3.8) is 0 Å². The van der Waals surface area contributed by atoms with E-state index in [0.717, 1.165) is 22.5 Å². The van der Waals surface area contributed by atoms with Crippen molar-refractivity contribution in [2.75, 3.05) is 10.6 Å². The summed E-state index contributed by atoms with van der Waals surface area (Å²) < 4.78 is 0. The number of rotatable bonds is 4. The van der Waals surface area contributed by atoms with Crippen LogP contribution in [0.1, 0.15) is 37.5 Å². The predicted octanol–water partition coefficient (Wildman–Crippen LogP) is 6.47. The van der Waals surface area contributed by atoms with Gasteiger partial charge in [-0.25, -0.2) is 4.99 Å². The summed E-state index contributed by atoms with van der Waals surface area (Å²) in [4.78, 5) is 4.80. The fraction of sp³-hybridized carbons (Fsp3) is 0.222. The maximum absolute atomic E-state index is 4.80. The van der Waals surface area contributed by atoms with E-state index in [1.807, 2.05) is 42.5 Å². The molecule has 3 rings (SSSR count). The smallest absolute Gasteiger partial charge is 0.200 e. The highest BCUT2D eigenvalue weighted by Gasteiger charge is 2.07. The van der Waals surface area contributed by atoms with E-state index in [9.17, 15) is 0 Å². The fourth-order valence-corrected chi connectivity index (χ4v) is 2.72. The molecule has 0 saturated heterocycles. The number of anilines is 2. The van der Waals surface area contributed by atoms with Gasteiger partial charge in [0.05, 0.1) is 12.2 Å². The molecule has 152 valence electrons. The SMILES string of the molecule is Cc1ccc(NC(=NCc2ccccc2)Nc2ccccc2C#CC(C)(C)C)cc1. The van der Waals surface area contributed by atoms with E-state index in [4.69, 9.17) is 4.99 Å². The molecule has 30 heavy (non-hydrogen) atoms. The van der Waals surface area contributed by atoms with Crippen LogP contribution >= 0.6 is 0 Å². The molecule has 3 aromatic rings. The number of aryl methyl sites for hydroxylation is 1. The standard InChI is InChI=1S/C27H29N3/c1-21-14-16-24(17-15-21)29-26(28-20-22-10-6-5-7-11-22)30-25-13-9-8-12-23(25)18-19-27(2,3)4/h5-17H,20H2,1-4H3,(H2,28,29,30). The van der Waals surface area contributed by atoms with Crippen LogP contribution in [0.2, 0.25) is 0 Å². The molecule has 0 aliphatic rings. The highest BCUT2D eigenvalue weighted by atomic mass is 15.2. The lowest BCUT2D eigenvalue weighted by Crippen LogP contribution is -2.23. The van der Waals surface area contributed by atoms with Gasteiger partial charge in [-0.3, -0.25) is 0 Å². The molecule has 0 unspecified atom stereocenters. The predicted molar refractivity (Wildman–Crippen MR) is 129 cm³/mol. The minimum absolute atomic E-state index is 0.0580. The van der Waals surface area contributed by atoms with E-state index in [-0.39, 0.29) is 5.41 Å². The summed E-state index contributed by atoms with van der Waals surface area (Å²) in [6.45, 7) is 9.00. The summed E-state index contributed by atoms with van der Waals surface area (Å²) in [6.07, 6.45) is 0. The lowest BCUT2D eigenvalue weighted by molar-refractivity contribution is 0.571. The normalized spacial score (nSPS) is 11.4. The average molecular weight is 396 g/mol. The van der Waals surface area contributed by atoms with Gasteiger partial charge in [-0.1, -0.05) is 72.0 Å². The molecule has 0 aliphatic carbocycles. The molecule has 3 nitrogen and oxygen atoms in total. The second-order valence-corrected chi connectivity index (χ2v) is 8.31. The molecule has 0 fully saturated rings. The van der Waals surface area contributed by atoms with Crippen molar-refractivity contribution in [1.82, 2.24) is 0 Å². The first-order valence-corrected chi connectivity index (χ1v) is 10.2. The first kappa shape index (κ1) is 21.2. The molecule has 3 heteroatoms. The third kappa shape index (κ3) is 6.83. The number of nitrogens with zero attached hydrogens (tertiary/aromatic N) is 1. The summed E-state index contributed by atoms with van der Waals surface area (Å²) in [6, 6.07) is 26.6. The van der Waals surface area contributed by atoms with Gasteiger partial charge >= 0.3 is 0 Å². The Morgan fingerprint density at radius 2 is 1.50 bits per heavy atom. The summed E-state index contributed by atoms with van der Waals surface area (Å²) in [5, 5.41) is 6.87. The van der Waals surface area contributed by atoms with Gasteiger partial charge < -0.3 is 10.6 Å². The van der Waals surface area contributed by atoms with Crippen molar-refractivity contribution in [2.24, 2.45) is 10.4 Å². The lowest BCUT2D eigenvalue weighted by Gasteiger charge is -2.15. The zero-order chi connectivity index (χ0) is 21.4. The maximum Gasteiger partial charge on any atom is 0.200 e. The number of aliphatic imine (C=N–C) groups is 1. The Bertz CT molecular complexity index is 1050. The van der Waals surface area contributed by atoms with E-state index in [1.54, 1.807) is 0 Å². The maximum atomic E-state index is 4.80.